The van der Waals surface area contributed by atoms with Gasteiger partial charge in [0, 0.05) is 17.8 Å². The Kier molecular flexibility index (Phi) is 7.09. The zero-order chi connectivity index (χ0) is 26.9. The number of rotatable bonds is 9. The number of carbonyl (C=O) groups is 2. The van der Waals surface area contributed by atoms with Crippen molar-refractivity contribution in [1.29, 1.82) is 0 Å². The summed E-state index contributed by atoms with van der Waals surface area (Å²) < 4.78 is 55.5. The molecule has 1 amide bonds. The number of ether oxygens (including phenoxy) is 2. The Labute approximate surface area is 218 Å². The molecule has 2 aliphatic heterocycles. The van der Waals surface area contributed by atoms with Gasteiger partial charge in [0.15, 0.2) is 5.82 Å². The van der Waals surface area contributed by atoms with Gasteiger partial charge in [0.25, 0.3) is 5.91 Å². The van der Waals surface area contributed by atoms with Crippen LogP contribution < -0.4 is 18.5 Å². The number of fused-ring (bicyclic) bond motifs is 1. The molecule has 2 aliphatic rings. The van der Waals surface area contributed by atoms with Gasteiger partial charge in [-0.3, -0.25) is 14.5 Å². The van der Waals surface area contributed by atoms with Gasteiger partial charge in [-0.15, -0.1) is 0 Å². The Morgan fingerprint density at radius 1 is 1.13 bits per heavy atom. The van der Waals surface area contributed by atoms with E-state index in [0.29, 0.717) is 35.1 Å². The number of likely N-dealkylation sites (tertiary alicyclic amines) is 1. The SMILES string of the molecule is O=C(O)CN1CC[C@@H](COc2ccc3cc(OCc4ccccc4)c(N4CC(=O)NS4(=O)=O)c(F)c3c2)C1. The highest BCUT2D eigenvalue weighted by molar-refractivity contribution is 7.92. The lowest BCUT2D eigenvalue weighted by atomic mass is 10.1. The Hall–Kier alpha value is -3.90. The summed E-state index contributed by atoms with van der Waals surface area (Å²) in [5.74, 6) is -2.01. The first-order chi connectivity index (χ1) is 18.2. The molecule has 0 radical (unpaired) electrons. The van der Waals surface area contributed by atoms with Crippen molar-refractivity contribution in [2.45, 2.75) is 13.0 Å². The summed E-state index contributed by atoms with van der Waals surface area (Å²) in [7, 11) is -4.30. The van der Waals surface area contributed by atoms with Crippen molar-refractivity contribution in [2.24, 2.45) is 5.92 Å². The van der Waals surface area contributed by atoms with E-state index in [9.17, 15) is 18.0 Å². The van der Waals surface area contributed by atoms with Crippen molar-refractivity contribution in [2.75, 3.05) is 37.1 Å². The largest absolute Gasteiger partial charge is 0.493 e. The molecule has 0 aliphatic carbocycles. The van der Waals surface area contributed by atoms with E-state index in [1.54, 1.807) is 18.2 Å². The third-order valence-electron chi connectivity index (χ3n) is 6.51. The molecule has 2 fully saturated rings. The van der Waals surface area contributed by atoms with E-state index in [2.05, 4.69) is 0 Å². The number of anilines is 1. The van der Waals surface area contributed by atoms with Crippen LogP contribution in [0.15, 0.2) is 54.6 Å². The fraction of sp³-hybridized carbons (Fsp3) is 0.308. The van der Waals surface area contributed by atoms with Crippen LogP contribution in [0.25, 0.3) is 10.8 Å². The Morgan fingerprint density at radius 3 is 2.63 bits per heavy atom. The summed E-state index contributed by atoms with van der Waals surface area (Å²) >= 11 is 0. The van der Waals surface area contributed by atoms with E-state index >= 15 is 4.39 Å². The molecule has 3 aromatic carbocycles. The van der Waals surface area contributed by atoms with Crippen molar-refractivity contribution in [1.82, 2.24) is 9.62 Å². The van der Waals surface area contributed by atoms with Crippen molar-refractivity contribution in [3.8, 4) is 11.5 Å². The summed E-state index contributed by atoms with van der Waals surface area (Å²) in [5, 5.41) is 9.55. The molecule has 2 heterocycles. The Morgan fingerprint density at radius 2 is 1.92 bits per heavy atom. The zero-order valence-electron chi connectivity index (χ0n) is 20.3. The van der Waals surface area contributed by atoms with Crippen LogP contribution in [-0.4, -0.2) is 63.1 Å². The Bertz CT molecular complexity index is 1480. The van der Waals surface area contributed by atoms with Crippen molar-refractivity contribution >= 4 is 38.5 Å². The molecule has 0 aromatic heterocycles. The predicted octanol–water partition coefficient (Wildman–Crippen LogP) is 2.52. The second kappa shape index (κ2) is 10.5. The average Bonchev–Trinajstić information content (AvgIpc) is 3.43. The number of carbonyl (C=O) groups excluding carboxylic acids is 1. The van der Waals surface area contributed by atoms with Crippen LogP contribution in [0.1, 0.15) is 12.0 Å². The van der Waals surface area contributed by atoms with Crippen LogP contribution in [0.5, 0.6) is 11.5 Å². The molecule has 0 saturated carbocycles. The number of hydrogen-bond donors (Lipinski definition) is 2. The maximum absolute atomic E-state index is 16.0. The second-order valence-corrected chi connectivity index (χ2v) is 10.9. The van der Waals surface area contributed by atoms with Gasteiger partial charge in [0.05, 0.1) is 13.2 Å². The quantitative estimate of drug-likeness (QED) is 0.422. The molecule has 3 aromatic rings. The fourth-order valence-electron chi connectivity index (χ4n) is 4.71. The lowest BCUT2D eigenvalue weighted by molar-refractivity contribution is -0.138. The average molecular weight is 544 g/mol. The minimum absolute atomic E-state index is 0.0166. The van der Waals surface area contributed by atoms with Gasteiger partial charge in [-0.1, -0.05) is 36.4 Å². The molecule has 38 heavy (non-hydrogen) atoms. The molecule has 0 unspecified atom stereocenters. The third-order valence-corrected chi connectivity index (χ3v) is 7.89. The van der Waals surface area contributed by atoms with Crippen molar-refractivity contribution in [3.63, 3.8) is 0 Å². The van der Waals surface area contributed by atoms with Gasteiger partial charge >= 0.3 is 16.2 Å². The third kappa shape index (κ3) is 5.50. The molecule has 5 rings (SSSR count). The molecule has 0 spiro atoms. The summed E-state index contributed by atoms with van der Waals surface area (Å²) in [6, 6.07) is 15.5. The predicted molar refractivity (Wildman–Crippen MR) is 137 cm³/mol. The zero-order valence-corrected chi connectivity index (χ0v) is 21.1. The summed E-state index contributed by atoms with van der Waals surface area (Å²) in [4.78, 5) is 24.7. The molecular formula is C26H26FN3O7S. The molecule has 200 valence electrons. The van der Waals surface area contributed by atoms with Gasteiger partial charge in [0.2, 0.25) is 0 Å². The van der Waals surface area contributed by atoms with E-state index in [4.69, 9.17) is 14.6 Å². The van der Waals surface area contributed by atoms with Crippen LogP contribution in [0, 0.1) is 11.7 Å². The van der Waals surface area contributed by atoms with Gasteiger partial charge in [-0.25, -0.2) is 13.4 Å². The highest BCUT2D eigenvalue weighted by atomic mass is 32.2. The molecule has 12 heteroatoms. The van der Waals surface area contributed by atoms with Crippen molar-refractivity contribution < 1.29 is 37.0 Å². The first-order valence-corrected chi connectivity index (χ1v) is 13.5. The number of hydrogen-bond acceptors (Lipinski definition) is 7. The molecule has 0 bridgehead atoms. The van der Waals surface area contributed by atoms with Gasteiger partial charge in [0.1, 0.15) is 30.3 Å². The summed E-state index contributed by atoms with van der Waals surface area (Å²) in [5.41, 5.74) is 0.444. The van der Waals surface area contributed by atoms with E-state index in [-0.39, 0.29) is 35.9 Å². The smallest absolute Gasteiger partial charge is 0.326 e. The van der Waals surface area contributed by atoms with Crippen LogP contribution in [-0.2, 0) is 26.4 Å². The van der Waals surface area contributed by atoms with Gasteiger partial charge in [-0.05, 0) is 42.1 Å². The number of benzene rings is 3. The van der Waals surface area contributed by atoms with E-state index in [0.717, 1.165) is 12.0 Å². The summed E-state index contributed by atoms with van der Waals surface area (Å²) in [6.45, 7) is 1.05. The van der Waals surface area contributed by atoms with Crippen LogP contribution in [0.4, 0.5) is 10.1 Å². The highest BCUT2D eigenvalue weighted by Crippen LogP contribution is 2.40. The van der Waals surface area contributed by atoms with Crippen LogP contribution in [0.2, 0.25) is 0 Å². The Balaban J connectivity index is 1.43. The van der Waals surface area contributed by atoms with E-state index in [1.807, 2.05) is 40.0 Å². The topological polar surface area (TPSA) is 125 Å². The molecule has 2 saturated heterocycles. The van der Waals surface area contributed by atoms with Crippen LogP contribution >= 0.6 is 0 Å². The lowest BCUT2D eigenvalue weighted by Gasteiger charge is -2.21. The minimum Gasteiger partial charge on any atom is -0.493 e. The monoisotopic (exact) mass is 543 g/mol. The molecule has 1 atom stereocenters. The minimum atomic E-state index is -4.30. The molecule has 10 nitrogen and oxygen atoms in total. The summed E-state index contributed by atoms with van der Waals surface area (Å²) in [6.07, 6.45) is 0.787. The number of nitrogens with zero attached hydrogens (tertiary/aromatic N) is 2. The van der Waals surface area contributed by atoms with E-state index < -0.39 is 34.4 Å². The second-order valence-electron chi connectivity index (χ2n) is 9.33. The first kappa shape index (κ1) is 25.7. The standard InChI is InChI=1S/C26H26FN3O7S/c27-25-21-11-20(36-16-18-8-9-29(12-18)14-24(32)33)7-6-19(21)10-22(37-15-17-4-2-1-3-5-17)26(25)30-13-23(31)28-38(30,34)35/h1-7,10-11,18H,8-9,12-16H2,(H,28,31)(H,32,33)/t18-/m1/s1. The van der Waals surface area contributed by atoms with E-state index in [1.165, 1.54) is 6.07 Å². The first-order valence-electron chi connectivity index (χ1n) is 12.0. The number of carboxylic acid groups (broad SMARTS) is 1. The normalized spacial score (nSPS) is 19.0. The number of carboxylic acids is 1. The molecular weight excluding hydrogens is 517 g/mol. The molecule has 2 N–H and O–H groups in total. The fourth-order valence-corrected chi connectivity index (χ4v) is 5.87. The highest BCUT2D eigenvalue weighted by Gasteiger charge is 2.38. The number of nitrogens with one attached hydrogen (secondary N) is 1. The van der Waals surface area contributed by atoms with Crippen LogP contribution in [0.3, 0.4) is 0 Å². The number of halogens is 1. The lowest BCUT2D eigenvalue weighted by Crippen LogP contribution is -2.30. The van der Waals surface area contributed by atoms with Gasteiger partial charge < -0.3 is 14.6 Å². The number of amides is 1. The maximum atomic E-state index is 16.0. The van der Waals surface area contributed by atoms with Crippen molar-refractivity contribution in [3.05, 3.63) is 66.0 Å². The number of aliphatic carboxylic acids is 1. The maximum Gasteiger partial charge on any atom is 0.326 e. The van der Waals surface area contributed by atoms with Gasteiger partial charge in [-0.2, -0.15) is 8.42 Å².